The second kappa shape index (κ2) is 5.34. The molecule has 0 bridgehead atoms. The molecule has 0 unspecified atom stereocenters. The molecule has 1 saturated carbocycles. The summed E-state index contributed by atoms with van der Waals surface area (Å²) in [6.07, 6.45) is -2.27. The molecule has 2 heterocycles. The van der Waals surface area contributed by atoms with Gasteiger partial charge in [0, 0.05) is 5.71 Å². The summed E-state index contributed by atoms with van der Waals surface area (Å²) in [6, 6.07) is 3.00. The van der Waals surface area contributed by atoms with Gasteiger partial charge in [-0.2, -0.15) is 23.3 Å². The largest absolute Gasteiger partial charge is 0.439 e. The average Bonchev–Trinajstić information content (AvgIpc) is 3.00. The van der Waals surface area contributed by atoms with Gasteiger partial charge in [0.05, 0.1) is 10.8 Å². The van der Waals surface area contributed by atoms with Crippen LogP contribution in [0, 0.1) is 5.92 Å². The Hall–Kier alpha value is -1.41. The third-order valence-corrected chi connectivity index (χ3v) is 5.06. The molecule has 2 atom stereocenters. The van der Waals surface area contributed by atoms with Crippen LogP contribution in [0.5, 0.6) is 0 Å². The van der Waals surface area contributed by atoms with Gasteiger partial charge in [0.2, 0.25) is 0 Å². The molecule has 0 spiro atoms. The molecule has 1 aliphatic carbocycles. The number of aliphatic hydroxyl groups is 1. The van der Waals surface area contributed by atoms with E-state index in [1.54, 1.807) is 11.4 Å². The zero-order valence-corrected chi connectivity index (χ0v) is 12.5. The number of nitrogens with zero attached hydrogens (tertiary/aromatic N) is 2. The van der Waals surface area contributed by atoms with E-state index >= 15 is 0 Å². The normalized spacial score (nSPS) is 29.0. The summed E-state index contributed by atoms with van der Waals surface area (Å²) in [5.74, 6) is -2.07. The van der Waals surface area contributed by atoms with Crippen molar-refractivity contribution in [2.24, 2.45) is 11.0 Å². The molecule has 0 aromatic carbocycles. The topological polar surface area (TPSA) is 52.9 Å². The Labute approximate surface area is 129 Å². The fraction of sp³-hybridized carbons (Fsp3) is 0.571. The first-order valence-electron chi connectivity index (χ1n) is 7.10. The molecular formula is C14H15F3N2O2S. The Kier molecular flexibility index (Phi) is 3.76. The minimum absolute atomic E-state index is 0.128. The number of thiophene rings is 1. The SMILES string of the molecule is O=C(c1cccs1)N1N=C2CCCCC[C@H]2[C@]1(O)C(F)(F)F. The summed E-state index contributed by atoms with van der Waals surface area (Å²) in [5, 5.41) is 16.2. The molecule has 8 heteroatoms. The molecule has 0 radical (unpaired) electrons. The minimum Gasteiger partial charge on any atom is -0.362 e. The Morgan fingerprint density at radius 3 is 2.82 bits per heavy atom. The van der Waals surface area contributed by atoms with Crippen molar-refractivity contribution in [3.05, 3.63) is 22.4 Å². The van der Waals surface area contributed by atoms with Gasteiger partial charge in [-0.3, -0.25) is 4.79 Å². The molecule has 1 amide bonds. The van der Waals surface area contributed by atoms with E-state index in [4.69, 9.17) is 0 Å². The van der Waals surface area contributed by atoms with Gasteiger partial charge in [0.1, 0.15) is 0 Å². The van der Waals surface area contributed by atoms with E-state index in [1.807, 2.05) is 0 Å². The zero-order valence-electron chi connectivity index (χ0n) is 11.6. The lowest BCUT2D eigenvalue weighted by Gasteiger charge is -2.36. The van der Waals surface area contributed by atoms with Crippen molar-refractivity contribution >= 4 is 23.0 Å². The van der Waals surface area contributed by atoms with Crippen molar-refractivity contribution in [1.29, 1.82) is 0 Å². The first-order valence-corrected chi connectivity index (χ1v) is 7.98. The van der Waals surface area contributed by atoms with Crippen molar-refractivity contribution in [2.75, 3.05) is 0 Å². The van der Waals surface area contributed by atoms with Gasteiger partial charge in [-0.05, 0) is 30.7 Å². The summed E-state index contributed by atoms with van der Waals surface area (Å²) >= 11 is 1.03. The molecule has 1 N–H and O–H groups in total. The highest BCUT2D eigenvalue weighted by molar-refractivity contribution is 7.12. The van der Waals surface area contributed by atoms with Crippen LogP contribution in [0.4, 0.5) is 13.2 Å². The van der Waals surface area contributed by atoms with Crippen LogP contribution in [0.2, 0.25) is 0 Å². The quantitative estimate of drug-likeness (QED) is 0.857. The summed E-state index contributed by atoms with van der Waals surface area (Å²) < 4.78 is 40.8. The Balaban J connectivity index is 2.04. The van der Waals surface area contributed by atoms with E-state index in [9.17, 15) is 23.1 Å². The van der Waals surface area contributed by atoms with E-state index in [-0.39, 0.29) is 22.0 Å². The van der Waals surface area contributed by atoms with Gasteiger partial charge < -0.3 is 5.11 Å². The molecule has 22 heavy (non-hydrogen) atoms. The van der Waals surface area contributed by atoms with E-state index in [2.05, 4.69) is 5.10 Å². The van der Waals surface area contributed by atoms with E-state index < -0.39 is 23.7 Å². The Morgan fingerprint density at radius 2 is 2.18 bits per heavy atom. The third-order valence-electron chi connectivity index (χ3n) is 4.21. The van der Waals surface area contributed by atoms with Crippen LogP contribution in [0.1, 0.15) is 41.8 Å². The average molecular weight is 332 g/mol. The highest BCUT2D eigenvalue weighted by Crippen LogP contribution is 2.48. The molecule has 4 nitrogen and oxygen atoms in total. The highest BCUT2D eigenvalue weighted by atomic mass is 32.1. The van der Waals surface area contributed by atoms with Crippen LogP contribution in [-0.4, -0.2) is 33.6 Å². The van der Waals surface area contributed by atoms with Crippen LogP contribution < -0.4 is 0 Å². The minimum atomic E-state index is -4.96. The van der Waals surface area contributed by atoms with Gasteiger partial charge in [-0.25, -0.2) is 0 Å². The molecule has 1 aromatic heterocycles. The Bertz CT molecular complexity index is 600. The summed E-state index contributed by atoms with van der Waals surface area (Å²) in [5.41, 5.74) is -2.96. The molecule has 3 rings (SSSR count). The van der Waals surface area contributed by atoms with Crippen molar-refractivity contribution in [1.82, 2.24) is 5.01 Å². The monoisotopic (exact) mass is 332 g/mol. The van der Waals surface area contributed by atoms with Crippen LogP contribution in [0.3, 0.4) is 0 Å². The van der Waals surface area contributed by atoms with E-state index in [0.717, 1.165) is 24.2 Å². The van der Waals surface area contributed by atoms with Crippen molar-refractivity contribution in [2.45, 2.75) is 44.0 Å². The molecule has 0 saturated heterocycles. The second-order valence-corrected chi connectivity index (χ2v) is 6.51. The fourth-order valence-electron chi connectivity index (χ4n) is 3.10. The molecular weight excluding hydrogens is 317 g/mol. The van der Waals surface area contributed by atoms with Crippen LogP contribution >= 0.6 is 11.3 Å². The van der Waals surface area contributed by atoms with Crippen molar-refractivity contribution < 1.29 is 23.1 Å². The van der Waals surface area contributed by atoms with Gasteiger partial charge in [0.25, 0.3) is 11.6 Å². The predicted octanol–water partition coefficient (Wildman–Crippen LogP) is 3.39. The number of carbonyl (C=O) groups is 1. The standard InChI is InChI=1S/C14H15F3N2O2S/c15-14(16,17)13(21)9-5-2-1-3-6-10(9)18-19(13)12(20)11-7-4-8-22-11/h4,7-9,21H,1-3,5-6H2/t9-,13+/m1/s1. The number of alkyl halides is 3. The molecule has 1 fully saturated rings. The molecule has 120 valence electrons. The smallest absolute Gasteiger partial charge is 0.362 e. The lowest BCUT2D eigenvalue weighted by Crippen LogP contribution is -2.61. The number of halogens is 3. The number of rotatable bonds is 1. The van der Waals surface area contributed by atoms with Crippen LogP contribution in [0.25, 0.3) is 0 Å². The number of amides is 1. The maximum atomic E-state index is 13.6. The Morgan fingerprint density at radius 1 is 1.41 bits per heavy atom. The summed E-state index contributed by atoms with van der Waals surface area (Å²) in [4.78, 5) is 12.5. The third kappa shape index (κ3) is 2.25. The van der Waals surface area contributed by atoms with Gasteiger partial charge in [-0.15, -0.1) is 11.3 Å². The number of hydrazone groups is 1. The first-order chi connectivity index (χ1) is 10.4. The number of hydrogen-bond acceptors (Lipinski definition) is 4. The molecule has 1 aliphatic heterocycles. The van der Waals surface area contributed by atoms with Crippen LogP contribution in [-0.2, 0) is 0 Å². The molecule has 2 aliphatic rings. The lowest BCUT2D eigenvalue weighted by atomic mass is 9.87. The number of carbonyl (C=O) groups excluding carboxylic acids is 1. The van der Waals surface area contributed by atoms with E-state index in [1.165, 1.54) is 6.07 Å². The summed E-state index contributed by atoms with van der Waals surface area (Å²) in [6.45, 7) is 0. The fourth-order valence-corrected chi connectivity index (χ4v) is 3.75. The number of fused-ring (bicyclic) bond motifs is 1. The van der Waals surface area contributed by atoms with Gasteiger partial charge in [-0.1, -0.05) is 18.9 Å². The van der Waals surface area contributed by atoms with Crippen LogP contribution in [0.15, 0.2) is 22.6 Å². The second-order valence-electron chi connectivity index (χ2n) is 5.56. The number of hydrogen-bond donors (Lipinski definition) is 1. The van der Waals surface area contributed by atoms with Crippen molar-refractivity contribution in [3.63, 3.8) is 0 Å². The predicted molar refractivity (Wildman–Crippen MR) is 75.5 cm³/mol. The van der Waals surface area contributed by atoms with Gasteiger partial charge >= 0.3 is 6.18 Å². The van der Waals surface area contributed by atoms with Crippen molar-refractivity contribution in [3.8, 4) is 0 Å². The zero-order chi connectivity index (χ0) is 16.0. The van der Waals surface area contributed by atoms with Gasteiger partial charge in [0.15, 0.2) is 0 Å². The maximum Gasteiger partial charge on any atom is 0.439 e. The lowest BCUT2D eigenvalue weighted by molar-refractivity contribution is -0.312. The van der Waals surface area contributed by atoms with E-state index in [0.29, 0.717) is 12.8 Å². The first kappa shape index (κ1) is 15.5. The maximum absolute atomic E-state index is 13.6. The summed E-state index contributed by atoms with van der Waals surface area (Å²) in [7, 11) is 0. The highest BCUT2D eigenvalue weighted by Gasteiger charge is 2.68. The molecule has 1 aromatic rings.